The van der Waals surface area contributed by atoms with E-state index in [0.29, 0.717) is 92.1 Å². The molecule has 18 heteroatoms. The van der Waals surface area contributed by atoms with Crippen molar-refractivity contribution in [1.29, 1.82) is 0 Å². The van der Waals surface area contributed by atoms with Crippen LogP contribution in [-0.4, -0.2) is 217 Å². The van der Waals surface area contributed by atoms with Crippen LogP contribution in [0.4, 0.5) is 0 Å². The van der Waals surface area contributed by atoms with Crippen LogP contribution in [0.5, 0.6) is 0 Å². The Morgan fingerprint density at radius 2 is 0.667 bits per heavy atom. The van der Waals surface area contributed by atoms with Crippen LogP contribution in [0, 0.1) is 0 Å². The molecule has 0 aromatic carbocycles. The van der Waals surface area contributed by atoms with Crippen molar-refractivity contribution >= 4 is 17.9 Å². The first kappa shape index (κ1) is 49.9. The van der Waals surface area contributed by atoms with Crippen molar-refractivity contribution in [1.82, 2.24) is 0 Å². The van der Waals surface area contributed by atoms with Crippen LogP contribution in [0.25, 0.3) is 0 Å². The van der Waals surface area contributed by atoms with E-state index in [1.165, 1.54) is 14.7 Å². The third-order valence-corrected chi connectivity index (χ3v) is 8.40. The van der Waals surface area contributed by atoms with E-state index >= 15 is 0 Å². The van der Waals surface area contributed by atoms with E-state index in [9.17, 15) is 14.4 Å². The van der Waals surface area contributed by atoms with Crippen molar-refractivity contribution in [3.05, 3.63) is 0 Å². The monoisotopic (exact) mass is 786 g/mol. The number of esters is 3. The molecule has 0 unspecified atom stereocenters. The SMILES string of the molecule is COCCC(=O)OCC[NH+]1CCOCC1.COCCOCCC(=O)OCC[NH+]1CCOCC1.COCCOCCOCCC(=O)OCC[NH+]1CCOCC1. The van der Waals surface area contributed by atoms with E-state index in [2.05, 4.69) is 0 Å². The highest BCUT2D eigenvalue weighted by Gasteiger charge is 2.16. The van der Waals surface area contributed by atoms with Crippen molar-refractivity contribution < 1.29 is 85.9 Å². The zero-order valence-corrected chi connectivity index (χ0v) is 33.3. The number of hydrogen-bond donors (Lipinski definition) is 3. The predicted molar refractivity (Wildman–Crippen MR) is 194 cm³/mol. The van der Waals surface area contributed by atoms with E-state index < -0.39 is 0 Å². The summed E-state index contributed by atoms with van der Waals surface area (Å²) in [6.07, 6.45) is 0.938. The lowest BCUT2D eigenvalue weighted by molar-refractivity contribution is -0.908. The van der Waals surface area contributed by atoms with Crippen LogP contribution in [0.1, 0.15) is 19.3 Å². The summed E-state index contributed by atoms with van der Waals surface area (Å²) in [7, 11) is 4.82. The maximum absolute atomic E-state index is 11.5. The first-order valence-corrected chi connectivity index (χ1v) is 19.4. The van der Waals surface area contributed by atoms with E-state index in [-0.39, 0.29) is 24.3 Å². The fourth-order valence-electron chi connectivity index (χ4n) is 5.08. The molecule has 0 aromatic rings. The normalized spacial score (nSPS) is 16.7. The van der Waals surface area contributed by atoms with E-state index in [1.54, 1.807) is 21.3 Å². The predicted octanol–water partition coefficient (Wildman–Crippen LogP) is -4.51. The molecular formula is C36H72N3O15+3. The molecule has 3 aliphatic heterocycles. The summed E-state index contributed by atoms with van der Waals surface area (Å²) in [6, 6.07) is 0. The third kappa shape index (κ3) is 32.2. The highest BCUT2D eigenvalue weighted by molar-refractivity contribution is 5.70. The first-order valence-electron chi connectivity index (χ1n) is 19.4. The van der Waals surface area contributed by atoms with Crippen molar-refractivity contribution in [3.63, 3.8) is 0 Å². The Kier molecular flexibility index (Phi) is 35.0. The minimum absolute atomic E-state index is 0.176. The summed E-state index contributed by atoms with van der Waals surface area (Å²) in [5, 5.41) is 0. The number of morpholine rings is 3. The van der Waals surface area contributed by atoms with Gasteiger partial charge in [-0.05, 0) is 0 Å². The molecule has 3 aliphatic rings. The summed E-state index contributed by atoms with van der Waals surface area (Å²) in [4.78, 5) is 38.2. The molecule has 0 aromatic heterocycles. The molecule has 0 amide bonds. The number of rotatable bonds is 27. The third-order valence-electron chi connectivity index (χ3n) is 8.40. The summed E-state index contributed by atoms with van der Waals surface area (Å²) in [5.74, 6) is -0.576. The fourth-order valence-corrected chi connectivity index (χ4v) is 5.08. The molecule has 3 N–H and O–H groups in total. The van der Waals surface area contributed by atoms with Gasteiger partial charge >= 0.3 is 17.9 Å². The van der Waals surface area contributed by atoms with Gasteiger partial charge in [0.25, 0.3) is 0 Å². The minimum Gasteiger partial charge on any atom is -0.460 e. The zero-order valence-electron chi connectivity index (χ0n) is 33.3. The van der Waals surface area contributed by atoms with Gasteiger partial charge in [-0.25, -0.2) is 0 Å². The van der Waals surface area contributed by atoms with Crippen molar-refractivity contribution in [3.8, 4) is 0 Å². The molecule has 0 saturated carbocycles. The van der Waals surface area contributed by atoms with Crippen LogP contribution in [0.15, 0.2) is 0 Å². The summed E-state index contributed by atoms with van der Waals surface area (Å²) in [5.41, 5.74) is 0. The maximum atomic E-state index is 11.5. The summed E-state index contributed by atoms with van der Waals surface area (Å²) in [6.45, 7) is 19.2. The molecule has 3 fully saturated rings. The van der Waals surface area contributed by atoms with E-state index in [4.69, 9.17) is 56.8 Å². The van der Waals surface area contributed by atoms with Crippen molar-refractivity contribution in [2.75, 3.05) is 199 Å². The largest absolute Gasteiger partial charge is 0.460 e. The lowest BCUT2D eigenvalue weighted by Crippen LogP contribution is -3.14. The number of nitrogens with one attached hydrogen (secondary N) is 3. The Balaban J connectivity index is 0.000000411. The Bertz CT molecular complexity index is 874. The molecule has 3 rings (SSSR count). The average molecular weight is 787 g/mol. The molecule has 318 valence electrons. The van der Waals surface area contributed by atoms with Gasteiger partial charge in [0.15, 0.2) is 0 Å². The topological polar surface area (TPSA) is 175 Å². The second-order valence-electron chi connectivity index (χ2n) is 12.6. The molecule has 3 heterocycles. The first-order chi connectivity index (χ1) is 26.5. The van der Waals surface area contributed by atoms with Gasteiger partial charge in [0.1, 0.15) is 78.7 Å². The highest BCUT2D eigenvalue weighted by Crippen LogP contribution is 1.90. The lowest BCUT2D eigenvalue weighted by Gasteiger charge is -2.23. The average Bonchev–Trinajstić information content (AvgIpc) is 3.20. The van der Waals surface area contributed by atoms with E-state index in [1.807, 2.05) is 0 Å². The van der Waals surface area contributed by atoms with Crippen LogP contribution in [-0.2, 0) is 71.2 Å². The van der Waals surface area contributed by atoms with Gasteiger partial charge in [-0.15, -0.1) is 0 Å². The van der Waals surface area contributed by atoms with Crippen molar-refractivity contribution in [2.24, 2.45) is 0 Å². The smallest absolute Gasteiger partial charge is 0.308 e. The number of quaternary nitrogens is 3. The Morgan fingerprint density at radius 3 is 0.981 bits per heavy atom. The van der Waals surface area contributed by atoms with Gasteiger partial charge < -0.3 is 71.5 Å². The van der Waals surface area contributed by atoms with Crippen molar-refractivity contribution in [2.45, 2.75) is 19.3 Å². The molecule has 0 aliphatic carbocycles. The number of hydrogen-bond acceptors (Lipinski definition) is 15. The van der Waals surface area contributed by atoms with Gasteiger partial charge in [-0.2, -0.15) is 0 Å². The molecule has 18 nitrogen and oxygen atoms in total. The molecule has 0 atom stereocenters. The minimum atomic E-state index is -0.206. The number of carbonyl (C=O) groups excluding carboxylic acids is 3. The van der Waals surface area contributed by atoms with Gasteiger partial charge in [-0.1, -0.05) is 0 Å². The molecule has 0 spiro atoms. The second-order valence-corrected chi connectivity index (χ2v) is 12.6. The standard InChI is InChI=1S/C14H27NO6.C12H23NO5.C10H19NO4/c1-17-10-11-20-13-12-18-6-2-14(16)21-9-5-15-3-7-19-8-4-15;1-15-10-11-16-6-2-12(14)18-9-5-13-3-7-17-8-4-13;1-13-6-2-10(12)15-9-5-11-3-7-14-8-4-11/h2-13H2,1H3;2-11H2,1H3;2-9H2,1H3/p+3. The number of ether oxygens (including phenoxy) is 12. The van der Waals surface area contributed by atoms with Crippen LogP contribution in [0.2, 0.25) is 0 Å². The highest BCUT2D eigenvalue weighted by atomic mass is 16.6. The molecule has 54 heavy (non-hydrogen) atoms. The summed E-state index contributed by atoms with van der Waals surface area (Å²) < 4.78 is 61.3. The second kappa shape index (κ2) is 37.8. The number of methoxy groups -OCH3 is 3. The van der Waals surface area contributed by atoms with Crippen LogP contribution < -0.4 is 14.7 Å². The van der Waals surface area contributed by atoms with Gasteiger partial charge in [-0.3, -0.25) is 14.4 Å². The fraction of sp³-hybridized carbons (Fsp3) is 0.917. The maximum Gasteiger partial charge on any atom is 0.308 e. The van der Waals surface area contributed by atoms with Gasteiger partial charge in [0, 0.05) is 21.3 Å². The van der Waals surface area contributed by atoms with Crippen LogP contribution in [0.3, 0.4) is 0 Å². The Morgan fingerprint density at radius 1 is 0.389 bits per heavy atom. The van der Waals surface area contributed by atoms with Gasteiger partial charge in [0.2, 0.25) is 0 Å². The molecular weight excluding hydrogens is 714 g/mol. The molecule has 0 bridgehead atoms. The molecule has 0 radical (unpaired) electrons. The lowest BCUT2D eigenvalue weighted by atomic mass is 10.4. The zero-order chi connectivity index (χ0) is 39.2. The number of carbonyl (C=O) groups is 3. The summed E-state index contributed by atoms with van der Waals surface area (Å²) >= 11 is 0. The Labute approximate surface area is 322 Å². The van der Waals surface area contributed by atoms with E-state index in [0.717, 1.165) is 98.5 Å². The van der Waals surface area contributed by atoms with Gasteiger partial charge in [0.05, 0.1) is 118 Å². The quantitative estimate of drug-likeness (QED) is 0.0413. The Hall–Kier alpha value is -2.07. The molecule has 3 saturated heterocycles. The van der Waals surface area contributed by atoms with Crippen LogP contribution >= 0.6 is 0 Å².